The van der Waals surface area contributed by atoms with Crippen LogP contribution in [0.2, 0.25) is 0 Å². The minimum atomic E-state index is -3.30. The first-order valence-electron chi connectivity index (χ1n) is 11.0. The van der Waals surface area contributed by atoms with Crippen LogP contribution in [0.5, 0.6) is 0 Å². The van der Waals surface area contributed by atoms with Crippen molar-refractivity contribution in [3.8, 4) is 0 Å². The molecule has 1 saturated heterocycles. The molecule has 2 aromatic carbocycles. The van der Waals surface area contributed by atoms with E-state index in [2.05, 4.69) is 47.9 Å². The quantitative estimate of drug-likeness (QED) is 0.770. The molecule has 0 aromatic heterocycles. The summed E-state index contributed by atoms with van der Waals surface area (Å²) in [5.41, 5.74) is 5.12. The average molecular weight is 444 g/mol. The fourth-order valence-corrected chi connectivity index (χ4v) is 6.34. The van der Waals surface area contributed by atoms with E-state index >= 15 is 0 Å². The number of hydrogen-bond acceptors (Lipinski definition) is 5. The minimum absolute atomic E-state index is 0.0899. The Bertz CT molecular complexity index is 1060. The molecule has 6 nitrogen and oxygen atoms in total. The molecule has 0 bridgehead atoms. The molecule has 2 aliphatic heterocycles. The standard InChI is InChI=1S/C24H33N3O3S/c1-17-6-5-7-22(12-17)26-11-10-25(15-19(26)3)16-24(28)20-8-9-23-21(14-20)13-18(2)27(23)31(4,29)30/h5-9,12,14,18-19,24,28H,10-11,13,15-16H2,1-4H3/t18-,19+,24+/m1/s1. The summed E-state index contributed by atoms with van der Waals surface area (Å²) in [4.78, 5) is 4.76. The fraction of sp³-hybridized carbons (Fsp3) is 0.500. The van der Waals surface area contributed by atoms with Gasteiger partial charge in [0.2, 0.25) is 10.0 Å². The first-order valence-corrected chi connectivity index (χ1v) is 12.8. The maximum Gasteiger partial charge on any atom is 0.232 e. The summed E-state index contributed by atoms with van der Waals surface area (Å²) in [5, 5.41) is 10.9. The summed E-state index contributed by atoms with van der Waals surface area (Å²) in [5.74, 6) is 0. The van der Waals surface area contributed by atoms with Crippen LogP contribution in [0.3, 0.4) is 0 Å². The van der Waals surface area contributed by atoms with Gasteiger partial charge in [-0.25, -0.2) is 8.42 Å². The number of hydrogen-bond donors (Lipinski definition) is 1. The third kappa shape index (κ3) is 4.59. The monoisotopic (exact) mass is 443 g/mol. The number of rotatable bonds is 5. The van der Waals surface area contributed by atoms with Crippen molar-refractivity contribution in [2.75, 3.05) is 41.6 Å². The fourth-order valence-electron chi connectivity index (χ4n) is 5.07. The Morgan fingerprint density at radius 2 is 1.87 bits per heavy atom. The summed E-state index contributed by atoms with van der Waals surface area (Å²) < 4.78 is 25.8. The van der Waals surface area contributed by atoms with Gasteiger partial charge in [0.25, 0.3) is 0 Å². The zero-order valence-corrected chi connectivity index (χ0v) is 19.6. The summed E-state index contributed by atoms with van der Waals surface area (Å²) in [6.45, 7) is 9.59. The van der Waals surface area contributed by atoms with E-state index in [1.54, 1.807) is 0 Å². The SMILES string of the molecule is Cc1cccc(N2CCN(C[C@H](O)c3ccc4c(c3)C[C@@H](C)N4S(C)(=O)=O)C[C@@H]2C)c1. The van der Waals surface area contributed by atoms with E-state index in [9.17, 15) is 13.5 Å². The van der Waals surface area contributed by atoms with E-state index in [4.69, 9.17) is 0 Å². The number of benzene rings is 2. The zero-order valence-electron chi connectivity index (χ0n) is 18.8. The number of aliphatic hydroxyl groups is 1. The summed E-state index contributed by atoms with van der Waals surface area (Å²) in [6, 6.07) is 14.6. The molecule has 0 aliphatic carbocycles. The summed E-state index contributed by atoms with van der Waals surface area (Å²) in [7, 11) is -3.30. The van der Waals surface area contributed by atoms with Gasteiger partial charge in [0.1, 0.15) is 0 Å². The van der Waals surface area contributed by atoms with Gasteiger partial charge in [0, 0.05) is 44.0 Å². The van der Waals surface area contributed by atoms with Crippen molar-refractivity contribution < 1.29 is 13.5 Å². The maximum atomic E-state index is 12.1. The van der Waals surface area contributed by atoms with Gasteiger partial charge < -0.3 is 10.0 Å². The van der Waals surface area contributed by atoms with Crippen molar-refractivity contribution in [3.63, 3.8) is 0 Å². The molecule has 0 amide bonds. The van der Waals surface area contributed by atoms with Crippen LogP contribution in [-0.2, 0) is 16.4 Å². The molecule has 0 unspecified atom stereocenters. The van der Waals surface area contributed by atoms with Gasteiger partial charge in [-0.15, -0.1) is 0 Å². The molecule has 4 rings (SSSR count). The first-order chi connectivity index (χ1) is 14.6. The van der Waals surface area contributed by atoms with Gasteiger partial charge >= 0.3 is 0 Å². The molecule has 7 heteroatoms. The maximum absolute atomic E-state index is 12.1. The number of fused-ring (bicyclic) bond motifs is 1. The number of aliphatic hydroxyl groups excluding tert-OH is 1. The Morgan fingerprint density at radius 3 is 2.55 bits per heavy atom. The molecule has 1 N–H and O–H groups in total. The highest BCUT2D eigenvalue weighted by molar-refractivity contribution is 7.92. The average Bonchev–Trinajstić information content (AvgIpc) is 3.03. The Morgan fingerprint density at radius 1 is 1.10 bits per heavy atom. The molecule has 2 aromatic rings. The van der Waals surface area contributed by atoms with Crippen LogP contribution in [0.25, 0.3) is 0 Å². The van der Waals surface area contributed by atoms with E-state index in [0.29, 0.717) is 19.0 Å². The van der Waals surface area contributed by atoms with Crippen LogP contribution in [0.1, 0.15) is 36.6 Å². The van der Waals surface area contributed by atoms with Gasteiger partial charge in [-0.3, -0.25) is 9.21 Å². The lowest BCUT2D eigenvalue weighted by Gasteiger charge is -2.42. The smallest absolute Gasteiger partial charge is 0.232 e. The van der Waals surface area contributed by atoms with Gasteiger partial charge in [-0.05, 0) is 62.1 Å². The van der Waals surface area contributed by atoms with Gasteiger partial charge in [0.15, 0.2) is 0 Å². The third-order valence-electron chi connectivity index (χ3n) is 6.47. The summed E-state index contributed by atoms with van der Waals surface area (Å²) in [6.07, 6.45) is 1.33. The number of β-amino-alcohol motifs (C(OH)–C–C–N with tert-alkyl or cyclic N) is 1. The molecular weight excluding hydrogens is 410 g/mol. The second kappa shape index (κ2) is 8.45. The largest absolute Gasteiger partial charge is 0.387 e. The van der Waals surface area contributed by atoms with E-state index in [-0.39, 0.29) is 6.04 Å². The topological polar surface area (TPSA) is 64.1 Å². The van der Waals surface area contributed by atoms with Crippen molar-refractivity contribution in [2.24, 2.45) is 0 Å². The third-order valence-corrected chi connectivity index (χ3v) is 7.75. The van der Waals surface area contributed by atoms with Crippen molar-refractivity contribution in [1.82, 2.24) is 4.90 Å². The molecule has 2 aliphatic rings. The van der Waals surface area contributed by atoms with Gasteiger partial charge in [0.05, 0.1) is 18.0 Å². The molecule has 31 heavy (non-hydrogen) atoms. The lowest BCUT2D eigenvalue weighted by molar-refractivity contribution is 0.102. The van der Waals surface area contributed by atoms with E-state index in [0.717, 1.165) is 36.4 Å². The minimum Gasteiger partial charge on any atom is -0.387 e. The van der Waals surface area contributed by atoms with E-state index in [1.807, 2.05) is 25.1 Å². The lowest BCUT2D eigenvalue weighted by atomic mass is 10.0. The zero-order chi connectivity index (χ0) is 22.3. The van der Waals surface area contributed by atoms with Crippen LogP contribution in [0, 0.1) is 6.92 Å². The first kappa shape index (κ1) is 22.1. The lowest BCUT2D eigenvalue weighted by Crippen LogP contribution is -2.52. The molecule has 2 heterocycles. The van der Waals surface area contributed by atoms with Crippen molar-refractivity contribution in [1.29, 1.82) is 0 Å². The second-order valence-electron chi connectivity index (χ2n) is 9.16. The Labute approximate surface area is 186 Å². The molecular formula is C24H33N3O3S. The normalized spacial score (nSPS) is 23.1. The van der Waals surface area contributed by atoms with Crippen LogP contribution in [-0.4, -0.2) is 62.9 Å². The highest BCUT2D eigenvalue weighted by atomic mass is 32.2. The van der Waals surface area contributed by atoms with Crippen molar-refractivity contribution in [3.05, 3.63) is 59.2 Å². The number of anilines is 2. The Hall–Kier alpha value is -2.09. The van der Waals surface area contributed by atoms with Crippen molar-refractivity contribution in [2.45, 2.75) is 45.4 Å². The molecule has 0 radical (unpaired) electrons. The van der Waals surface area contributed by atoms with Crippen LogP contribution in [0.15, 0.2) is 42.5 Å². The Kier molecular flexibility index (Phi) is 6.03. The number of sulfonamides is 1. The van der Waals surface area contributed by atoms with Crippen LogP contribution in [0.4, 0.5) is 11.4 Å². The number of piperazine rings is 1. The number of aryl methyl sites for hydroxylation is 1. The van der Waals surface area contributed by atoms with Gasteiger partial charge in [-0.1, -0.05) is 24.3 Å². The van der Waals surface area contributed by atoms with Crippen molar-refractivity contribution >= 4 is 21.4 Å². The highest BCUT2D eigenvalue weighted by Gasteiger charge is 2.33. The predicted molar refractivity (Wildman–Crippen MR) is 126 cm³/mol. The van der Waals surface area contributed by atoms with Crippen LogP contribution < -0.4 is 9.21 Å². The van der Waals surface area contributed by atoms with Gasteiger partial charge in [-0.2, -0.15) is 0 Å². The Balaban J connectivity index is 1.42. The van der Waals surface area contributed by atoms with E-state index in [1.165, 1.54) is 21.8 Å². The second-order valence-corrected chi connectivity index (χ2v) is 11.0. The molecule has 168 valence electrons. The summed E-state index contributed by atoms with van der Waals surface area (Å²) >= 11 is 0. The predicted octanol–water partition coefficient (Wildman–Crippen LogP) is 2.95. The molecule has 1 fully saturated rings. The molecule has 0 spiro atoms. The van der Waals surface area contributed by atoms with Crippen LogP contribution >= 0.6 is 0 Å². The number of nitrogens with zero attached hydrogens (tertiary/aromatic N) is 3. The van der Waals surface area contributed by atoms with E-state index < -0.39 is 16.1 Å². The molecule has 0 saturated carbocycles. The molecule has 3 atom stereocenters. The highest BCUT2D eigenvalue weighted by Crippen LogP contribution is 2.36.